The highest BCUT2D eigenvalue weighted by Crippen LogP contribution is 2.23. The van der Waals surface area contributed by atoms with E-state index in [0.29, 0.717) is 21.7 Å². The fourth-order valence-electron chi connectivity index (χ4n) is 2.81. The fourth-order valence-corrected chi connectivity index (χ4v) is 2.81. The van der Waals surface area contributed by atoms with Gasteiger partial charge in [-0.05, 0) is 25.1 Å². The maximum Gasteiger partial charge on any atom is 0.407 e. The maximum atomic E-state index is 12.7. The second kappa shape index (κ2) is 9.08. The summed E-state index contributed by atoms with van der Waals surface area (Å²) >= 11 is 0. The van der Waals surface area contributed by atoms with Crippen LogP contribution in [0.15, 0.2) is 42.5 Å². The highest BCUT2D eigenvalue weighted by Gasteiger charge is 2.28. The van der Waals surface area contributed by atoms with E-state index in [2.05, 4.69) is 4.98 Å². The van der Waals surface area contributed by atoms with Crippen LogP contribution < -0.4 is 14.2 Å². The molecule has 1 aromatic heterocycles. The first-order valence-corrected chi connectivity index (χ1v) is 9.07. The number of hydrogen-bond acceptors (Lipinski definition) is 8. The van der Waals surface area contributed by atoms with Gasteiger partial charge in [-0.25, -0.2) is 14.6 Å². The predicted octanol–water partition coefficient (Wildman–Crippen LogP) is 2.42. The highest BCUT2D eigenvalue weighted by molar-refractivity contribution is 5.91. The fraction of sp³-hybridized carbons (Fsp3) is 0.238. The molecular weight excluding hydrogens is 392 g/mol. The molecule has 0 aliphatic carbocycles. The molecule has 2 aromatic carbocycles. The van der Waals surface area contributed by atoms with Crippen molar-refractivity contribution in [2.24, 2.45) is 0 Å². The zero-order valence-corrected chi connectivity index (χ0v) is 16.7. The van der Waals surface area contributed by atoms with Gasteiger partial charge in [0.05, 0.1) is 26.4 Å². The van der Waals surface area contributed by atoms with Crippen LogP contribution in [-0.2, 0) is 16.1 Å². The van der Waals surface area contributed by atoms with E-state index >= 15 is 0 Å². The van der Waals surface area contributed by atoms with Crippen molar-refractivity contribution in [2.45, 2.75) is 13.5 Å². The largest absolute Gasteiger partial charge is 0.618 e. The van der Waals surface area contributed by atoms with Gasteiger partial charge in [-0.1, -0.05) is 12.1 Å². The van der Waals surface area contributed by atoms with E-state index in [1.807, 2.05) is 0 Å². The molecule has 0 aliphatic rings. The van der Waals surface area contributed by atoms with Crippen LogP contribution in [0.3, 0.4) is 0 Å². The van der Waals surface area contributed by atoms with Crippen LogP contribution in [0.5, 0.6) is 11.5 Å². The molecule has 3 aromatic rings. The third-order valence-electron chi connectivity index (χ3n) is 4.23. The third-order valence-corrected chi connectivity index (χ3v) is 4.23. The summed E-state index contributed by atoms with van der Waals surface area (Å²) in [7, 11) is 2.92. The van der Waals surface area contributed by atoms with Crippen LogP contribution in [0.2, 0.25) is 0 Å². The van der Waals surface area contributed by atoms with Gasteiger partial charge < -0.3 is 24.2 Å². The molecule has 1 heterocycles. The number of ether oxygens (including phenoxy) is 4. The van der Waals surface area contributed by atoms with E-state index in [0.717, 1.165) is 0 Å². The molecule has 0 unspecified atom stereocenters. The minimum absolute atomic E-state index is 0.00892. The SMILES string of the molecule is CCOC(=O)c1c(COC(=O)c2cc(OC)cc(OC)c2)nc2ccccc2[n+]1[O-]. The summed E-state index contributed by atoms with van der Waals surface area (Å²) in [4.78, 5) is 29.2. The molecular formula is C21H20N2O7. The number of hydrogen-bond donors (Lipinski definition) is 0. The monoisotopic (exact) mass is 412 g/mol. The molecule has 0 saturated heterocycles. The van der Waals surface area contributed by atoms with E-state index in [1.54, 1.807) is 31.2 Å². The third kappa shape index (κ3) is 4.24. The quantitative estimate of drug-likeness (QED) is 0.330. The molecule has 0 N–H and O–H groups in total. The van der Waals surface area contributed by atoms with Crippen molar-refractivity contribution in [1.82, 2.24) is 4.98 Å². The van der Waals surface area contributed by atoms with E-state index < -0.39 is 18.5 Å². The van der Waals surface area contributed by atoms with Gasteiger partial charge in [-0.3, -0.25) is 0 Å². The minimum atomic E-state index is -0.847. The Morgan fingerprint density at radius 3 is 2.30 bits per heavy atom. The Balaban J connectivity index is 1.94. The first-order chi connectivity index (χ1) is 14.5. The Labute approximate surface area is 172 Å². The number of benzene rings is 2. The lowest BCUT2D eigenvalue weighted by molar-refractivity contribution is -0.581. The lowest BCUT2D eigenvalue weighted by Gasteiger charge is -2.12. The normalized spacial score (nSPS) is 10.5. The molecule has 0 amide bonds. The summed E-state index contributed by atoms with van der Waals surface area (Å²) in [6, 6.07) is 11.1. The van der Waals surface area contributed by atoms with Crippen molar-refractivity contribution in [3.8, 4) is 11.5 Å². The molecule has 0 bridgehead atoms. The van der Waals surface area contributed by atoms with E-state index in [1.165, 1.54) is 32.4 Å². The van der Waals surface area contributed by atoms with Gasteiger partial charge in [0.25, 0.3) is 0 Å². The molecule has 30 heavy (non-hydrogen) atoms. The van der Waals surface area contributed by atoms with Crippen molar-refractivity contribution in [1.29, 1.82) is 0 Å². The van der Waals surface area contributed by atoms with E-state index in [9.17, 15) is 14.8 Å². The van der Waals surface area contributed by atoms with Gasteiger partial charge in [-0.15, -0.1) is 0 Å². The summed E-state index contributed by atoms with van der Waals surface area (Å²) < 4.78 is 21.0. The van der Waals surface area contributed by atoms with Crippen LogP contribution in [0, 0.1) is 5.21 Å². The van der Waals surface area contributed by atoms with Crippen LogP contribution in [0.1, 0.15) is 33.5 Å². The number of para-hydroxylation sites is 2. The lowest BCUT2D eigenvalue weighted by atomic mass is 10.2. The number of rotatable bonds is 7. The molecule has 0 saturated carbocycles. The molecule has 0 aliphatic heterocycles. The highest BCUT2D eigenvalue weighted by atomic mass is 16.5. The molecule has 9 nitrogen and oxygen atoms in total. The van der Waals surface area contributed by atoms with Crippen LogP contribution >= 0.6 is 0 Å². The van der Waals surface area contributed by atoms with Gasteiger partial charge in [0.1, 0.15) is 23.6 Å². The molecule has 0 fully saturated rings. The summed E-state index contributed by atoms with van der Waals surface area (Å²) in [5.41, 5.74) is 0.402. The predicted molar refractivity (Wildman–Crippen MR) is 105 cm³/mol. The van der Waals surface area contributed by atoms with Crippen molar-refractivity contribution >= 4 is 23.0 Å². The Morgan fingerprint density at radius 2 is 1.67 bits per heavy atom. The van der Waals surface area contributed by atoms with Crippen LogP contribution in [0.4, 0.5) is 0 Å². The van der Waals surface area contributed by atoms with E-state index in [-0.39, 0.29) is 29.1 Å². The average Bonchev–Trinajstić information content (AvgIpc) is 2.77. The van der Waals surface area contributed by atoms with Gasteiger partial charge >= 0.3 is 17.6 Å². The number of carbonyl (C=O) groups is 2. The molecule has 0 radical (unpaired) electrons. The number of esters is 2. The maximum absolute atomic E-state index is 12.7. The first kappa shape index (κ1) is 20.8. The lowest BCUT2D eigenvalue weighted by Crippen LogP contribution is -2.39. The second-order valence-corrected chi connectivity index (χ2v) is 6.09. The Kier molecular flexibility index (Phi) is 6.31. The molecule has 9 heteroatoms. The summed E-state index contributed by atoms with van der Waals surface area (Å²) in [5.74, 6) is -0.723. The molecule has 3 rings (SSSR count). The Bertz CT molecular complexity index is 1080. The topological polar surface area (TPSA) is 111 Å². The van der Waals surface area contributed by atoms with Crippen molar-refractivity contribution in [2.75, 3.05) is 20.8 Å². The Hall–Kier alpha value is -3.88. The zero-order chi connectivity index (χ0) is 21.7. The van der Waals surface area contributed by atoms with Gasteiger partial charge in [0.2, 0.25) is 5.52 Å². The summed E-state index contributed by atoms with van der Waals surface area (Å²) in [5, 5.41) is 12.7. The minimum Gasteiger partial charge on any atom is -0.618 e. The number of nitrogens with zero attached hydrogens (tertiary/aromatic N) is 2. The number of carbonyl (C=O) groups excluding carboxylic acids is 2. The summed E-state index contributed by atoms with van der Waals surface area (Å²) in [6.07, 6.45) is 0. The molecule has 156 valence electrons. The van der Waals surface area contributed by atoms with Gasteiger partial charge in [0.15, 0.2) is 5.69 Å². The zero-order valence-electron chi connectivity index (χ0n) is 16.7. The van der Waals surface area contributed by atoms with Crippen LogP contribution in [-0.4, -0.2) is 37.7 Å². The van der Waals surface area contributed by atoms with Crippen molar-refractivity contribution in [3.63, 3.8) is 0 Å². The number of fused-ring (bicyclic) bond motifs is 1. The van der Waals surface area contributed by atoms with Crippen molar-refractivity contribution < 1.29 is 33.3 Å². The van der Waals surface area contributed by atoms with Crippen LogP contribution in [0.25, 0.3) is 11.0 Å². The average molecular weight is 412 g/mol. The van der Waals surface area contributed by atoms with E-state index in [4.69, 9.17) is 18.9 Å². The summed E-state index contributed by atoms with van der Waals surface area (Å²) in [6.45, 7) is 1.30. The Morgan fingerprint density at radius 1 is 1.00 bits per heavy atom. The smallest absolute Gasteiger partial charge is 0.407 e. The molecule has 0 spiro atoms. The first-order valence-electron chi connectivity index (χ1n) is 9.07. The van der Waals surface area contributed by atoms with Gasteiger partial charge in [0, 0.05) is 12.1 Å². The van der Waals surface area contributed by atoms with Crippen molar-refractivity contribution in [3.05, 3.63) is 64.6 Å². The second-order valence-electron chi connectivity index (χ2n) is 6.09. The standard InChI is InChI=1S/C21H20N2O7/c1-4-29-21(25)19-17(22-16-7-5-6-8-18(16)23(19)26)12-30-20(24)13-9-14(27-2)11-15(10-13)28-3/h5-11H,4,12H2,1-3H3. The number of aromatic nitrogens is 2. The number of methoxy groups -OCH3 is 2. The molecule has 0 atom stereocenters. The van der Waals surface area contributed by atoms with Gasteiger partial charge in [-0.2, -0.15) is 4.73 Å².